The van der Waals surface area contributed by atoms with E-state index in [-0.39, 0.29) is 11.7 Å². The summed E-state index contributed by atoms with van der Waals surface area (Å²) in [6.45, 7) is 28.4. The Morgan fingerprint density at radius 3 is 2.34 bits per heavy atom. The lowest BCUT2D eigenvalue weighted by Crippen LogP contribution is -2.72. The first-order valence-electron chi connectivity index (χ1n) is 15.7. The molecule has 5 heteroatoms. The number of benzene rings is 1. The van der Waals surface area contributed by atoms with Crippen molar-refractivity contribution in [3.8, 4) is 0 Å². The molecule has 3 fully saturated rings. The van der Waals surface area contributed by atoms with Gasteiger partial charge in [0.15, 0.2) is 0 Å². The number of nitrogens with zero attached hydrogens (tertiary/aromatic N) is 3. The first-order chi connectivity index (χ1) is 19.7. The molecule has 0 radical (unpaired) electrons. The van der Waals surface area contributed by atoms with Crippen molar-refractivity contribution in [3.05, 3.63) is 84.1 Å². The van der Waals surface area contributed by atoms with E-state index in [0.717, 1.165) is 52.8 Å². The molecule has 0 unspecified atom stereocenters. The summed E-state index contributed by atoms with van der Waals surface area (Å²) in [6.07, 6.45) is 16.2. The van der Waals surface area contributed by atoms with Gasteiger partial charge in [-0.05, 0) is 67.7 Å². The van der Waals surface area contributed by atoms with Gasteiger partial charge < -0.3 is 15.1 Å². The van der Waals surface area contributed by atoms with E-state index in [2.05, 4.69) is 59.9 Å². The molecule has 2 saturated heterocycles. The lowest BCUT2D eigenvalue weighted by Gasteiger charge is -2.62. The van der Waals surface area contributed by atoms with Crippen LogP contribution < -0.4 is 5.32 Å². The van der Waals surface area contributed by atoms with Gasteiger partial charge in [0.1, 0.15) is 5.82 Å². The van der Waals surface area contributed by atoms with Gasteiger partial charge in [0.05, 0.1) is 17.6 Å². The number of nitrogens with one attached hydrogen (secondary N) is 1. The van der Waals surface area contributed by atoms with Crippen molar-refractivity contribution in [2.45, 2.75) is 73.1 Å². The van der Waals surface area contributed by atoms with Gasteiger partial charge in [0.2, 0.25) is 0 Å². The van der Waals surface area contributed by atoms with Crippen LogP contribution in [0.25, 0.3) is 5.57 Å². The number of hydrogen-bond donors (Lipinski definition) is 1. The first-order valence-corrected chi connectivity index (χ1v) is 15.7. The summed E-state index contributed by atoms with van der Waals surface area (Å²) in [7, 11) is 0. The molecular formula is C36H53FN4. The summed E-state index contributed by atoms with van der Waals surface area (Å²) < 4.78 is 14.4. The van der Waals surface area contributed by atoms with E-state index in [0.29, 0.717) is 5.41 Å². The van der Waals surface area contributed by atoms with Gasteiger partial charge in [-0.3, -0.25) is 4.99 Å². The molecule has 0 amide bonds. The van der Waals surface area contributed by atoms with Crippen molar-refractivity contribution in [2.75, 3.05) is 38.0 Å². The molecule has 1 saturated carbocycles. The molecule has 0 aromatic heterocycles. The van der Waals surface area contributed by atoms with Crippen molar-refractivity contribution in [3.63, 3.8) is 0 Å². The molecule has 3 aliphatic rings. The van der Waals surface area contributed by atoms with E-state index >= 15 is 0 Å². The van der Waals surface area contributed by atoms with Crippen LogP contribution in [0.4, 0.5) is 10.1 Å². The second-order valence-electron chi connectivity index (χ2n) is 12.2. The van der Waals surface area contributed by atoms with Gasteiger partial charge in [0.25, 0.3) is 0 Å². The Kier molecular flexibility index (Phi) is 12.2. The standard InChI is InChI=1S/C34H47FN4.C2H6/c1-7-8-15-30(25(2)3)26(4)31-18-29(35)16-17-32(31)37-33(19-36-6)27(5)39-23-34(24-39)21-38(22-34)20-28-13-11-9-10-12-14-28;1-2/h7-8,15-19,25,28,37H,4-6,9-14,20-24H2,1-3H3;1-2H3/b8-7-,30-15-,33-19+;. The van der Waals surface area contributed by atoms with Crippen molar-refractivity contribution in [1.29, 1.82) is 0 Å². The van der Waals surface area contributed by atoms with E-state index in [1.54, 1.807) is 18.3 Å². The summed E-state index contributed by atoms with van der Waals surface area (Å²) in [4.78, 5) is 9.05. The maximum Gasteiger partial charge on any atom is 0.123 e. The predicted molar refractivity (Wildman–Crippen MR) is 177 cm³/mol. The topological polar surface area (TPSA) is 30.9 Å². The molecule has 0 atom stereocenters. The minimum atomic E-state index is -0.292. The van der Waals surface area contributed by atoms with Crippen molar-refractivity contribution >= 4 is 18.0 Å². The number of hydrogen-bond acceptors (Lipinski definition) is 4. The third-order valence-electron chi connectivity index (χ3n) is 8.59. The minimum absolute atomic E-state index is 0.242. The van der Waals surface area contributed by atoms with Crippen LogP contribution in [0.15, 0.2) is 77.7 Å². The fraction of sp³-hybridized carbons (Fsp3) is 0.528. The van der Waals surface area contributed by atoms with Crippen LogP contribution in [0.2, 0.25) is 0 Å². The third-order valence-corrected chi connectivity index (χ3v) is 8.59. The molecule has 1 N–H and O–H groups in total. The maximum atomic E-state index is 14.4. The predicted octanol–water partition coefficient (Wildman–Crippen LogP) is 9.08. The Morgan fingerprint density at radius 2 is 1.76 bits per heavy atom. The summed E-state index contributed by atoms with van der Waals surface area (Å²) in [5.74, 6) is 0.837. The molecule has 2 heterocycles. The van der Waals surface area contributed by atoms with E-state index in [1.807, 2.05) is 32.9 Å². The molecule has 0 bridgehead atoms. The SMILES string of the molecule is C=N/C=C(/Nc1ccc(F)cc1C(=C)/C(=C\C=C/C)C(C)C)C(=C)N1CC2(CN(CC3CCCCCC3)C2)C1.CC. The second kappa shape index (κ2) is 15.3. The molecule has 1 aliphatic carbocycles. The van der Waals surface area contributed by atoms with Crippen LogP contribution in [0.1, 0.15) is 78.7 Å². The smallest absolute Gasteiger partial charge is 0.123 e. The van der Waals surface area contributed by atoms with Crippen molar-refractivity contribution in [1.82, 2.24) is 9.80 Å². The fourth-order valence-electron chi connectivity index (χ4n) is 6.56. The Labute approximate surface area is 249 Å². The number of aliphatic imine (C=N–C) groups is 1. The maximum absolute atomic E-state index is 14.4. The van der Waals surface area contributed by atoms with Gasteiger partial charge in [-0.15, -0.1) is 0 Å². The molecule has 2 aliphatic heterocycles. The van der Waals surface area contributed by atoms with E-state index in [1.165, 1.54) is 64.2 Å². The number of allylic oxidation sites excluding steroid dienone is 5. The van der Waals surface area contributed by atoms with Crippen molar-refractivity contribution in [2.24, 2.45) is 22.2 Å². The van der Waals surface area contributed by atoms with Gasteiger partial charge in [0, 0.05) is 49.4 Å². The quantitative estimate of drug-likeness (QED) is 0.166. The highest BCUT2D eigenvalue weighted by molar-refractivity contribution is 5.85. The highest BCUT2D eigenvalue weighted by Crippen LogP contribution is 2.43. The van der Waals surface area contributed by atoms with Crippen LogP contribution in [0, 0.1) is 23.1 Å². The Morgan fingerprint density at radius 1 is 1.10 bits per heavy atom. The molecule has 4 rings (SSSR count). The number of likely N-dealkylation sites (tertiary alicyclic amines) is 2. The molecule has 1 aromatic rings. The van der Waals surface area contributed by atoms with Gasteiger partial charge >= 0.3 is 0 Å². The molecule has 224 valence electrons. The number of rotatable bonds is 11. The normalized spacial score (nSPS) is 19.7. The summed E-state index contributed by atoms with van der Waals surface area (Å²) in [5.41, 5.74) is 5.43. The fourth-order valence-corrected chi connectivity index (χ4v) is 6.56. The summed E-state index contributed by atoms with van der Waals surface area (Å²) in [5, 5.41) is 3.49. The third kappa shape index (κ3) is 8.31. The van der Waals surface area contributed by atoms with Crippen LogP contribution >= 0.6 is 0 Å². The molecule has 1 spiro atoms. The highest BCUT2D eigenvalue weighted by atomic mass is 19.1. The van der Waals surface area contributed by atoms with Gasteiger partial charge in [-0.25, -0.2) is 4.39 Å². The lowest BCUT2D eigenvalue weighted by molar-refractivity contribution is -0.104. The zero-order chi connectivity index (χ0) is 30.0. The number of anilines is 1. The number of halogens is 1. The van der Waals surface area contributed by atoms with Crippen LogP contribution in [0.5, 0.6) is 0 Å². The average Bonchev–Trinajstić information content (AvgIpc) is 3.19. The largest absolute Gasteiger partial charge is 0.369 e. The Bertz CT molecular complexity index is 1140. The first kappa shape index (κ1) is 32.6. The minimum Gasteiger partial charge on any atom is -0.369 e. The summed E-state index contributed by atoms with van der Waals surface area (Å²) in [6, 6.07) is 4.79. The highest BCUT2D eigenvalue weighted by Gasteiger charge is 2.52. The average molecular weight is 561 g/mol. The monoisotopic (exact) mass is 560 g/mol. The van der Waals surface area contributed by atoms with Crippen molar-refractivity contribution < 1.29 is 4.39 Å². The zero-order valence-electron chi connectivity index (χ0n) is 26.3. The second-order valence-corrected chi connectivity index (χ2v) is 12.2. The zero-order valence-corrected chi connectivity index (χ0v) is 26.3. The van der Waals surface area contributed by atoms with Gasteiger partial charge in [-0.2, -0.15) is 0 Å². The molecular weight excluding hydrogens is 507 g/mol. The molecule has 4 nitrogen and oxygen atoms in total. The van der Waals surface area contributed by atoms with E-state index in [9.17, 15) is 4.39 Å². The van der Waals surface area contributed by atoms with Gasteiger partial charge in [-0.1, -0.05) is 84.8 Å². The summed E-state index contributed by atoms with van der Waals surface area (Å²) >= 11 is 0. The Balaban J connectivity index is 0.00000226. The molecule has 41 heavy (non-hydrogen) atoms. The Hall–Kier alpha value is -2.92. The lowest BCUT2D eigenvalue weighted by atomic mass is 9.72. The van der Waals surface area contributed by atoms with Crippen LogP contribution in [-0.4, -0.2) is 49.2 Å². The molecule has 1 aromatic carbocycles. The van der Waals surface area contributed by atoms with Crippen LogP contribution in [0.3, 0.4) is 0 Å². The van der Waals surface area contributed by atoms with Crippen LogP contribution in [-0.2, 0) is 0 Å². The van der Waals surface area contributed by atoms with E-state index in [4.69, 9.17) is 0 Å². The van der Waals surface area contributed by atoms with E-state index < -0.39 is 0 Å².